The predicted octanol–water partition coefficient (Wildman–Crippen LogP) is -1.27. The zero-order chi connectivity index (χ0) is 13.9. The Morgan fingerprint density at radius 3 is 2.44 bits per heavy atom. The number of carbonyl (C=O) groups excluding carboxylic acids is 1. The highest BCUT2D eigenvalue weighted by Gasteiger charge is 2.22. The van der Waals surface area contributed by atoms with Gasteiger partial charge in [0.25, 0.3) is 0 Å². The summed E-state index contributed by atoms with van der Waals surface area (Å²) in [6.07, 6.45) is 0. The van der Waals surface area contributed by atoms with Gasteiger partial charge in [0, 0.05) is 5.69 Å². The third kappa shape index (κ3) is 3.18. The molecule has 0 aliphatic rings. The van der Waals surface area contributed by atoms with Crippen LogP contribution >= 0.6 is 0 Å². The summed E-state index contributed by atoms with van der Waals surface area (Å²) in [5, 5.41) is 8.89. The molecule has 6 N–H and O–H groups in total. The molecule has 0 atom stereocenters. The summed E-state index contributed by atoms with van der Waals surface area (Å²) in [6, 6.07) is 3.30. The number of primary amides is 1. The maximum Gasteiger partial charge on any atom is 0.337 e. The van der Waals surface area contributed by atoms with Gasteiger partial charge in [0.1, 0.15) is 0 Å². The quantitative estimate of drug-likeness (QED) is 0.491. The number of aromatic carboxylic acids is 1. The van der Waals surface area contributed by atoms with E-state index in [4.69, 9.17) is 16.6 Å². The number of nitrogen functional groups attached to an aromatic ring is 1. The molecule has 0 radical (unpaired) electrons. The van der Waals surface area contributed by atoms with E-state index in [2.05, 4.69) is 0 Å². The molecule has 9 heteroatoms. The summed E-state index contributed by atoms with van der Waals surface area (Å²) < 4.78 is 25.4. The first-order valence-corrected chi connectivity index (χ1v) is 6.13. The molecule has 0 unspecified atom stereocenters. The number of anilines is 1. The number of nitrogens with two attached hydrogens (primary N) is 2. The molecule has 0 saturated carbocycles. The Labute approximate surface area is 103 Å². The van der Waals surface area contributed by atoms with Crippen molar-refractivity contribution >= 4 is 27.6 Å². The lowest BCUT2D eigenvalue weighted by atomic mass is 10.2. The molecule has 1 aromatic rings. The Morgan fingerprint density at radius 1 is 1.33 bits per heavy atom. The van der Waals surface area contributed by atoms with Crippen molar-refractivity contribution in [3.05, 3.63) is 23.8 Å². The van der Waals surface area contributed by atoms with Crippen LogP contribution in [-0.4, -0.2) is 31.9 Å². The minimum atomic E-state index is -4.13. The molecule has 8 nitrogen and oxygen atoms in total. The van der Waals surface area contributed by atoms with Gasteiger partial charge in [-0.25, -0.2) is 17.9 Å². The fourth-order valence-corrected chi connectivity index (χ4v) is 2.36. The second kappa shape index (κ2) is 5.02. The molecule has 0 aromatic heterocycles. The van der Waals surface area contributed by atoms with Gasteiger partial charge in [-0.05, 0) is 18.2 Å². The van der Waals surface area contributed by atoms with E-state index in [0.717, 1.165) is 12.1 Å². The van der Waals surface area contributed by atoms with E-state index in [1.165, 1.54) is 6.07 Å². The topological polar surface area (TPSA) is 153 Å². The van der Waals surface area contributed by atoms with Crippen molar-refractivity contribution in [3.8, 4) is 0 Å². The number of nitrogens with one attached hydrogen (secondary N) is 1. The largest absolute Gasteiger partial charge is 0.478 e. The summed E-state index contributed by atoms with van der Waals surface area (Å²) in [6.45, 7) is -0.619. The number of hydrogen-bond donors (Lipinski definition) is 4. The smallest absolute Gasteiger partial charge is 0.337 e. The van der Waals surface area contributed by atoms with Crippen LogP contribution in [-0.2, 0) is 14.8 Å². The van der Waals surface area contributed by atoms with Gasteiger partial charge in [0.15, 0.2) is 0 Å². The summed E-state index contributed by atoms with van der Waals surface area (Å²) in [7, 11) is -4.13. The SMILES string of the molecule is NC(=O)CNS(=O)(=O)c1ccc(N)cc1C(=O)O. The number of carboxylic acid groups (broad SMARTS) is 1. The average Bonchev–Trinajstić information content (AvgIpc) is 2.26. The molecular formula is C9H11N3O5S. The van der Waals surface area contributed by atoms with Crippen LogP contribution in [0.4, 0.5) is 5.69 Å². The van der Waals surface area contributed by atoms with Crippen molar-refractivity contribution in [2.24, 2.45) is 5.73 Å². The monoisotopic (exact) mass is 273 g/mol. The lowest BCUT2D eigenvalue weighted by Crippen LogP contribution is -2.34. The van der Waals surface area contributed by atoms with Gasteiger partial charge in [-0.2, -0.15) is 0 Å². The molecule has 18 heavy (non-hydrogen) atoms. The standard InChI is InChI=1S/C9H11N3O5S/c10-5-1-2-7(6(3-5)9(14)15)18(16,17)12-4-8(11)13/h1-3,12H,4,10H2,(H2,11,13)(H,14,15). The second-order valence-corrected chi connectivity index (χ2v) is 5.09. The first-order chi connectivity index (χ1) is 8.24. The van der Waals surface area contributed by atoms with Crippen LogP contribution in [0.15, 0.2) is 23.1 Å². The Morgan fingerprint density at radius 2 is 1.94 bits per heavy atom. The van der Waals surface area contributed by atoms with Crippen LogP contribution in [0.2, 0.25) is 0 Å². The van der Waals surface area contributed by atoms with Gasteiger partial charge < -0.3 is 16.6 Å². The summed E-state index contributed by atoms with van der Waals surface area (Å²) in [5.41, 5.74) is 9.81. The van der Waals surface area contributed by atoms with Crippen molar-refractivity contribution in [1.29, 1.82) is 0 Å². The average molecular weight is 273 g/mol. The predicted molar refractivity (Wildman–Crippen MR) is 62.2 cm³/mol. The highest BCUT2D eigenvalue weighted by molar-refractivity contribution is 7.89. The maximum absolute atomic E-state index is 11.8. The van der Waals surface area contributed by atoms with Crippen LogP contribution in [0.25, 0.3) is 0 Å². The van der Waals surface area contributed by atoms with Gasteiger partial charge in [0.05, 0.1) is 17.0 Å². The maximum atomic E-state index is 11.8. The summed E-state index contributed by atoms with van der Waals surface area (Å²) in [5.74, 6) is -2.33. The zero-order valence-corrected chi connectivity index (χ0v) is 9.90. The lowest BCUT2D eigenvalue weighted by Gasteiger charge is -2.08. The Hall–Kier alpha value is -2.13. The van der Waals surface area contributed by atoms with Gasteiger partial charge in [-0.3, -0.25) is 4.79 Å². The van der Waals surface area contributed by atoms with Crippen molar-refractivity contribution in [3.63, 3.8) is 0 Å². The third-order valence-corrected chi connectivity index (χ3v) is 3.42. The number of carboxylic acids is 1. The van der Waals surface area contributed by atoms with Gasteiger partial charge >= 0.3 is 5.97 Å². The fraction of sp³-hybridized carbons (Fsp3) is 0.111. The normalized spacial score (nSPS) is 11.1. The van der Waals surface area contributed by atoms with Crippen molar-refractivity contribution in [2.45, 2.75) is 4.90 Å². The van der Waals surface area contributed by atoms with E-state index in [0.29, 0.717) is 0 Å². The molecule has 98 valence electrons. The highest BCUT2D eigenvalue weighted by Crippen LogP contribution is 2.18. The Bertz CT molecular complexity index is 596. The zero-order valence-electron chi connectivity index (χ0n) is 9.08. The van der Waals surface area contributed by atoms with E-state index in [1.54, 1.807) is 0 Å². The Balaban J connectivity index is 3.24. The molecule has 0 aliphatic heterocycles. The fourth-order valence-electron chi connectivity index (χ4n) is 1.19. The molecule has 0 spiro atoms. The number of amides is 1. The summed E-state index contributed by atoms with van der Waals surface area (Å²) >= 11 is 0. The number of hydrogen-bond acceptors (Lipinski definition) is 5. The van der Waals surface area contributed by atoms with Gasteiger partial charge in [-0.1, -0.05) is 0 Å². The highest BCUT2D eigenvalue weighted by atomic mass is 32.2. The molecule has 0 aliphatic carbocycles. The second-order valence-electron chi connectivity index (χ2n) is 3.35. The van der Waals surface area contributed by atoms with Crippen LogP contribution in [0.1, 0.15) is 10.4 Å². The number of carbonyl (C=O) groups is 2. The molecular weight excluding hydrogens is 262 g/mol. The van der Waals surface area contributed by atoms with Crippen LogP contribution in [0, 0.1) is 0 Å². The molecule has 0 fully saturated rings. The number of rotatable bonds is 5. The number of benzene rings is 1. The molecule has 0 heterocycles. The molecule has 1 rings (SSSR count). The van der Waals surface area contributed by atoms with E-state index in [-0.39, 0.29) is 5.69 Å². The van der Waals surface area contributed by atoms with E-state index >= 15 is 0 Å². The minimum absolute atomic E-state index is 0.112. The van der Waals surface area contributed by atoms with Crippen molar-refractivity contribution < 1.29 is 23.1 Å². The minimum Gasteiger partial charge on any atom is -0.478 e. The van der Waals surface area contributed by atoms with Gasteiger partial charge in [0.2, 0.25) is 15.9 Å². The van der Waals surface area contributed by atoms with Gasteiger partial charge in [-0.15, -0.1) is 0 Å². The molecule has 1 aromatic carbocycles. The number of sulfonamides is 1. The van der Waals surface area contributed by atoms with Crippen LogP contribution in [0.3, 0.4) is 0 Å². The van der Waals surface area contributed by atoms with Crippen molar-refractivity contribution in [1.82, 2.24) is 4.72 Å². The molecule has 0 bridgehead atoms. The lowest BCUT2D eigenvalue weighted by molar-refractivity contribution is -0.116. The van der Waals surface area contributed by atoms with Crippen molar-refractivity contribution in [2.75, 3.05) is 12.3 Å². The molecule has 1 amide bonds. The van der Waals surface area contributed by atoms with E-state index in [9.17, 15) is 18.0 Å². The first kappa shape index (κ1) is 13.9. The van der Waals surface area contributed by atoms with Crippen LogP contribution in [0.5, 0.6) is 0 Å². The first-order valence-electron chi connectivity index (χ1n) is 4.65. The van der Waals surface area contributed by atoms with E-state index < -0.39 is 38.9 Å². The third-order valence-electron chi connectivity index (χ3n) is 1.96. The Kier molecular flexibility index (Phi) is 3.89. The summed E-state index contributed by atoms with van der Waals surface area (Å²) in [4.78, 5) is 20.9. The van der Waals surface area contributed by atoms with Crippen LogP contribution < -0.4 is 16.2 Å². The molecule has 0 saturated heterocycles. The van der Waals surface area contributed by atoms with E-state index in [1.807, 2.05) is 4.72 Å².